The first-order valence-electron chi connectivity index (χ1n) is 8.01. The Morgan fingerprint density at radius 3 is 2.59 bits per heavy atom. The number of hydrogen-bond acceptors (Lipinski definition) is 3. The van der Waals surface area contributed by atoms with Gasteiger partial charge in [-0.15, -0.1) is 0 Å². The molecule has 1 aromatic carbocycles. The minimum absolute atomic E-state index is 0.0730. The van der Waals surface area contributed by atoms with Crippen molar-refractivity contribution in [2.45, 2.75) is 53.2 Å². The second kappa shape index (κ2) is 8.18. The molecule has 1 aliphatic rings. The standard InChI is InChI=1S/C16H23NO3.C2H6/c1-12-6-5-7-13(10-12)14-11-17(8-9-19-14)15(18)20-16(2,3)4;1-2/h5-7,10,14H,8-9,11H2,1-4H3;1-2H3. The Hall–Kier alpha value is -1.55. The van der Waals surface area contributed by atoms with Gasteiger partial charge >= 0.3 is 6.09 Å². The lowest BCUT2D eigenvalue weighted by atomic mass is 10.1. The molecule has 1 heterocycles. The summed E-state index contributed by atoms with van der Waals surface area (Å²) in [6.07, 6.45) is -0.338. The lowest BCUT2D eigenvalue weighted by molar-refractivity contribution is -0.0433. The molecule has 0 bridgehead atoms. The van der Waals surface area contributed by atoms with Crippen LogP contribution in [0.25, 0.3) is 0 Å². The predicted molar refractivity (Wildman–Crippen MR) is 89.0 cm³/mol. The molecule has 1 aromatic rings. The SMILES string of the molecule is CC.Cc1cccc(C2CN(C(=O)OC(C)(C)C)CCO2)c1. The van der Waals surface area contributed by atoms with E-state index in [-0.39, 0.29) is 12.2 Å². The average Bonchev–Trinajstić information content (AvgIpc) is 2.48. The normalized spacial score (nSPS) is 18.3. The summed E-state index contributed by atoms with van der Waals surface area (Å²) in [5, 5.41) is 0. The molecule has 1 unspecified atom stereocenters. The fourth-order valence-corrected chi connectivity index (χ4v) is 2.21. The lowest BCUT2D eigenvalue weighted by Gasteiger charge is -2.34. The Labute approximate surface area is 134 Å². The number of amides is 1. The van der Waals surface area contributed by atoms with Crippen molar-refractivity contribution in [1.82, 2.24) is 4.90 Å². The Bertz CT molecular complexity index is 479. The number of carbonyl (C=O) groups excluding carboxylic acids is 1. The van der Waals surface area contributed by atoms with Gasteiger partial charge in [0.15, 0.2) is 0 Å². The van der Waals surface area contributed by atoms with E-state index in [9.17, 15) is 4.79 Å². The summed E-state index contributed by atoms with van der Waals surface area (Å²) in [4.78, 5) is 13.8. The van der Waals surface area contributed by atoms with E-state index < -0.39 is 5.60 Å². The van der Waals surface area contributed by atoms with Crippen molar-refractivity contribution in [3.8, 4) is 0 Å². The van der Waals surface area contributed by atoms with Gasteiger partial charge in [-0.05, 0) is 33.3 Å². The minimum atomic E-state index is -0.464. The molecular weight excluding hydrogens is 278 g/mol. The van der Waals surface area contributed by atoms with Crippen LogP contribution in [0.2, 0.25) is 0 Å². The van der Waals surface area contributed by atoms with E-state index in [4.69, 9.17) is 9.47 Å². The molecule has 0 aromatic heterocycles. The van der Waals surface area contributed by atoms with Crippen molar-refractivity contribution in [3.05, 3.63) is 35.4 Å². The summed E-state index contributed by atoms with van der Waals surface area (Å²) in [6.45, 7) is 13.3. The smallest absolute Gasteiger partial charge is 0.410 e. The van der Waals surface area contributed by atoms with Crippen molar-refractivity contribution >= 4 is 6.09 Å². The molecule has 4 nitrogen and oxygen atoms in total. The number of aryl methyl sites for hydroxylation is 1. The third-order valence-corrected chi connectivity index (χ3v) is 3.13. The molecule has 1 amide bonds. The van der Waals surface area contributed by atoms with E-state index in [0.29, 0.717) is 19.7 Å². The van der Waals surface area contributed by atoms with Gasteiger partial charge < -0.3 is 14.4 Å². The highest BCUT2D eigenvalue weighted by Gasteiger charge is 2.28. The van der Waals surface area contributed by atoms with Crippen LogP contribution in [0.15, 0.2) is 24.3 Å². The van der Waals surface area contributed by atoms with E-state index >= 15 is 0 Å². The topological polar surface area (TPSA) is 38.8 Å². The quantitative estimate of drug-likeness (QED) is 0.775. The Kier molecular flexibility index (Phi) is 6.88. The summed E-state index contributed by atoms with van der Waals surface area (Å²) >= 11 is 0. The predicted octanol–water partition coefficient (Wildman–Crippen LogP) is 4.33. The Morgan fingerprint density at radius 1 is 1.32 bits per heavy atom. The van der Waals surface area contributed by atoms with Gasteiger partial charge in [-0.3, -0.25) is 0 Å². The van der Waals surface area contributed by atoms with Gasteiger partial charge in [0.25, 0.3) is 0 Å². The molecule has 2 rings (SSSR count). The fraction of sp³-hybridized carbons (Fsp3) is 0.611. The second-order valence-corrected chi connectivity index (χ2v) is 6.20. The number of carbonyl (C=O) groups is 1. The van der Waals surface area contributed by atoms with Crippen LogP contribution in [-0.4, -0.2) is 36.3 Å². The van der Waals surface area contributed by atoms with E-state index in [1.165, 1.54) is 5.56 Å². The van der Waals surface area contributed by atoms with Crippen LogP contribution >= 0.6 is 0 Å². The Balaban J connectivity index is 0.00000116. The second-order valence-electron chi connectivity index (χ2n) is 6.20. The van der Waals surface area contributed by atoms with E-state index in [2.05, 4.69) is 19.1 Å². The number of ether oxygens (including phenoxy) is 2. The summed E-state index contributed by atoms with van der Waals surface area (Å²) in [5.74, 6) is 0. The molecule has 0 spiro atoms. The molecular formula is C18H29NO3. The largest absolute Gasteiger partial charge is 0.444 e. The van der Waals surface area contributed by atoms with E-state index in [0.717, 1.165) is 5.56 Å². The molecule has 124 valence electrons. The van der Waals surface area contributed by atoms with Crippen LogP contribution in [0, 0.1) is 6.92 Å². The third kappa shape index (κ3) is 5.68. The zero-order chi connectivity index (χ0) is 16.8. The molecule has 0 saturated carbocycles. The monoisotopic (exact) mass is 307 g/mol. The van der Waals surface area contributed by atoms with Crippen molar-refractivity contribution in [3.63, 3.8) is 0 Å². The van der Waals surface area contributed by atoms with Gasteiger partial charge in [0.1, 0.15) is 11.7 Å². The first-order valence-corrected chi connectivity index (χ1v) is 8.01. The number of hydrogen-bond donors (Lipinski definition) is 0. The molecule has 1 atom stereocenters. The Morgan fingerprint density at radius 2 is 2.00 bits per heavy atom. The van der Waals surface area contributed by atoms with Gasteiger partial charge in [0.05, 0.1) is 13.2 Å². The summed E-state index contributed by atoms with van der Waals surface area (Å²) in [5.41, 5.74) is 1.84. The third-order valence-electron chi connectivity index (χ3n) is 3.13. The number of nitrogens with zero attached hydrogens (tertiary/aromatic N) is 1. The zero-order valence-electron chi connectivity index (χ0n) is 14.7. The maximum Gasteiger partial charge on any atom is 0.410 e. The van der Waals surface area contributed by atoms with Crippen LogP contribution in [0.5, 0.6) is 0 Å². The van der Waals surface area contributed by atoms with Crippen LogP contribution in [-0.2, 0) is 9.47 Å². The van der Waals surface area contributed by atoms with Crippen LogP contribution in [0.3, 0.4) is 0 Å². The molecule has 0 radical (unpaired) electrons. The minimum Gasteiger partial charge on any atom is -0.444 e. The summed E-state index contributed by atoms with van der Waals surface area (Å²) < 4.78 is 11.2. The first-order chi connectivity index (χ1) is 10.3. The molecule has 0 N–H and O–H groups in total. The van der Waals surface area contributed by atoms with Crippen molar-refractivity contribution in [2.24, 2.45) is 0 Å². The highest BCUT2D eigenvalue weighted by Crippen LogP contribution is 2.24. The van der Waals surface area contributed by atoms with Crippen molar-refractivity contribution in [2.75, 3.05) is 19.7 Å². The number of morpholine rings is 1. The van der Waals surface area contributed by atoms with Crippen molar-refractivity contribution in [1.29, 1.82) is 0 Å². The van der Waals surface area contributed by atoms with E-state index in [1.807, 2.05) is 46.8 Å². The maximum atomic E-state index is 12.1. The first kappa shape index (κ1) is 18.5. The van der Waals surface area contributed by atoms with Crippen LogP contribution < -0.4 is 0 Å². The van der Waals surface area contributed by atoms with Gasteiger partial charge in [0, 0.05) is 6.54 Å². The molecule has 4 heteroatoms. The molecule has 0 aliphatic carbocycles. The molecule has 1 saturated heterocycles. The highest BCUT2D eigenvalue weighted by molar-refractivity contribution is 5.68. The van der Waals surface area contributed by atoms with Crippen LogP contribution in [0.4, 0.5) is 4.79 Å². The molecule has 1 fully saturated rings. The number of rotatable bonds is 1. The van der Waals surface area contributed by atoms with Gasteiger partial charge in [-0.25, -0.2) is 4.79 Å². The summed E-state index contributed by atoms with van der Waals surface area (Å²) in [6, 6.07) is 8.21. The molecule has 22 heavy (non-hydrogen) atoms. The van der Waals surface area contributed by atoms with Crippen molar-refractivity contribution < 1.29 is 14.3 Å². The van der Waals surface area contributed by atoms with Gasteiger partial charge in [-0.1, -0.05) is 43.7 Å². The van der Waals surface area contributed by atoms with E-state index in [1.54, 1.807) is 4.90 Å². The zero-order valence-corrected chi connectivity index (χ0v) is 14.7. The van der Waals surface area contributed by atoms with Crippen LogP contribution in [0.1, 0.15) is 51.8 Å². The average molecular weight is 307 g/mol. The van der Waals surface area contributed by atoms with Gasteiger partial charge in [-0.2, -0.15) is 0 Å². The lowest BCUT2D eigenvalue weighted by Crippen LogP contribution is -2.44. The fourth-order valence-electron chi connectivity index (χ4n) is 2.21. The maximum absolute atomic E-state index is 12.1. The van der Waals surface area contributed by atoms with Gasteiger partial charge in [0.2, 0.25) is 0 Å². The summed E-state index contributed by atoms with van der Waals surface area (Å²) in [7, 11) is 0. The number of benzene rings is 1. The molecule has 1 aliphatic heterocycles. The highest BCUT2D eigenvalue weighted by atomic mass is 16.6.